The molecule has 0 aliphatic carbocycles. The number of nitrogens with zero attached hydrogens (tertiary/aromatic N) is 1. The fourth-order valence-electron chi connectivity index (χ4n) is 2.35. The second-order valence-electron chi connectivity index (χ2n) is 4.66. The van der Waals surface area contributed by atoms with Gasteiger partial charge >= 0.3 is 0 Å². The number of likely N-dealkylation sites (N-methyl/N-ethyl adjacent to an activating group) is 1. The Labute approximate surface area is 121 Å². The minimum Gasteiger partial charge on any atom is -0.296 e. The molecule has 0 unspecified atom stereocenters. The van der Waals surface area contributed by atoms with Gasteiger partial charge < -0.3 is 0 Å². The zero-order valence-corrected chi connectivity index (χ0v) is 12.9. The fraction of sp³-hybridized carbons (Fsp3) is 0.533. The van der Waals surface area contributed by atoms with Crippen LogP contribution in [0, 0.1) is 20.8 Å². The molecule has 1 radical (unpaired) electrons. The first-order valence-corrected chi connectivity index (χ1v) is 6.33. The van der Waals surface area contributed by atoms with Crippen LogP contribution in [0.3, 0.4) is 0 Å². The van der Waals surface area contributed by atoms with E-state index in [4.69, 9.17) is 0 Å². The number of benzene rings is 1. The van der Waals surface area contributed by atoms with Crippen LogP contribution in [0.2, 0.25) is 0 Å². The quantitative estimate of drug-likeness (QED) is 0.614. The summed E-state index contributed by atoms with van der Waals surface area (Å²) >= 11 is 0. The maximum atomic E-state index is 12.3. The van der Waals surface area contributed by atoms with E-state index in [1.807, 2.05) is 13.8 Å². The number of aryl methyl sites for hydroxylation is 3. The Morgan fingerprint density at radius 2 is 1.50 bits per heavy atom. The van der Waals surface area contributed by atoms with Gasteiger partial charge in [-0.05, 0) is 45.0 Å². The number of rotatable bonds is 5. The van der Waals surface area contributed by atoms with Gasteiger partial charge in [-0.2, -0.15) is 0 Å². The Hall–Kier alpha value is -0.631. The third-order valence-corrected chi connectivity index (χ3v) is 3.22. The monoisotopic (exact) mass is 296 g/mol. The van der Waals surface area contributed by atoms with E-state index in [2.05, 4.69) is 37.8 Å². The van der Waals surface area contributed by atoms with Crippen LogP contribution in [0.15, 0.2) is 12.1 Å². The van der Waals surface area contributed by atoms with Crippen molar-refractivity contribution in [2.24, 2.45) is 0 Å². The molecule has 0 N–H and O–H groups in total. The van der Waals surface area contributed by atoms with Crippen LogP contribution in [-0.4, -0.2) is 30.3 Å². The molecule has 1 rings (SSSR count). The average molecular weight is 297 g/mol. The Morgan fingerprint density at radius 1 is 1.06 bits per heavy atom. The molecule has 0 saturated carbocycles. The second kappa shape index (κ2) is 7.73. The molecule has 1 aromatic carbocycles. The molecule has 2 nitrogen and oxygen atoms in total. The van der Waals surface area contributed by atoms with Crippen molar-refractivity contribution in [3.8, 4) is 0 Å². The summed E-state index contributed by atoms with van der Waals surface area (Å²) in [6.07, 6.45) is 0. The van der Waals surface area contributed by atoms with Gasteiger partial charge in [0, 0.05) is 22.6 Å². The second-order valence-corrected chi connectivity index (χ2v) is 4.66. The molecule has 0 fully saturated rings. The standard InChI is InChI=1S/C15H23NO.Cu/c1-6-16(7-2)10-14(17)15-12(4)8-11(3)9-13(15)5;/h8-9H,6-7,10H2,1-5H3;. The molecule has 18 heavy (non-hydrogen) atoms. The maximum absolute atomic E-state index is 12.3. The summed E-state index contributed by atoms with van der Waals surface area (Å²) in [5.41, 5.74) is 4.32. The van der Waals surface area contributed by atoms with E-state index in [0.29, 0.717) is 6.54 Å². The van der Waals surface area contributed by atoms with Crippen molar-refractivity contribution in [2.45, 2.75) is 34.6 Å². The predicted octanol–water partition coefficient (Wildman–Crippen LogP) is 3.13. The summed E-state index contributed by atoms with van der Waals surface area (Å²) in [4.78, 5) is 14.4. The SMILES string of the molecule is CCN(CC)CC(=O)c1c(C)cc(C)cc1C.[Cu]. The normalized spacial score (nSPS) is 10.3. The molecule has 0 saturated heterocycles. The summed E-state index contributed by atoms with van der Waals surface area (Å²) < 4.78 is 0. The molecule has 0 bridgehead atoms. The van der Waals surface area contributed by atoms with E-state index in [0.717, 1.165) is 29.8 Å². The molecule has 0 amide bonds. The predicted molar refractivity (Wildman–Crippen MR) is 72.8 cm³/mol. The van der Waals surface area contributed by atoms with E-state index in [-0.39, 0.29) is 22.9 Å². The zero-order chi connectivity index (χ0) is 13.0. The average Bonchev–Trinajstić information content (AvgIpc) is 2.24. The number of hydrogen-bond donors (Lipinski definition) is 0. The third-order valence-electron chi connectivity index (χ3n) is 3.22. The number of carbonyl (C=O) groups excluding carboxylic acids is 1. The van der Waals surface area contributed by atoms with E-state index in [9.17, 15) is 4.79 Å². The van der Waals surface area contributed by atoms with Gasteiger partial charge in [0.2, 0.25) is 0 Å². The van der Waals surface area contributed by atoms with Gasteiger partial charge in [0.25, 0.3) is 0 Å². The fourth-order valence-corrected chi connectivity index (χ4v) is 2.35. The van der Waals surface area contributed by atoms with Gasteiger partial charge in [-0.25, -0.2) is 0 Å². The Kier molecular flexibility index (Phi) is 7.46. The van der Waals surface area contributed by atoms with Crippen molar-refractivity contribution in [1.82, 2.24) is 4.90 Å². The van der Waals surface area contributed by atoms with Gasteiger partial charge in [-0.15, -0.1) is 0 Å². The molecule has 0 atom stereocenters. The molecule has 1 aromatic rings. The van der Waals surface area contributed by atoms with Crippen LogP contribution < -0.4 is 0 Å². The van der Waals surface area contributed by atoms with E-state index < -0.39 is 0 Å². The minimum absolute atomic E-state index is 0. The van der Waals surface area contributed by atoms with Crippen molar-refractivity contribution >= 4 is 5.78 Å². The molecule has 0 aliphatic rings. The summed E-state index contributed by atoms with van der Waals surface area (Å²) in [7, 11) is 0. The molecular formula is C15H23CuNO. The van der Waals surface area contributed by atoms with Crippen LogP contribution >= 0.6 is 0 Å². The van der Waals surface area contributed by atoms with Crippen LogP contribution in [0.1, 0.15) is 40.9 Å². The van der Waals surface area contributed by atoms with Gasteiger partial charge in [-0.1, -0.05) is 31.5 Å². The Balaban J connectivity index is 0.00000289. The van der Waals surface area contributed by atoms with Crippen molar-refractivity contribution in [3.05, 3.63) is 34.4 Å². The Bertz CT molecular complexity index is 388. The van der Waals surface area contributed by atoms with Crippen molar-refractivity contribution in [2.75, 3.05) is 19.6 Å². The van der Waals surface area contributed by atoms with Gasteiger partial charge in [0.05, 0.1) is 6.54 Å². The molecule has 0 heterocycles. The van der Waals surface area contributed by atoms with Gasteiger partial charge in [0.15, 0.2) is 5.78 Å². The third kappa shape index (κ3) is 4.24. The van der Waals surface area contributed by atoms with E-state index >= 15 is 0 Å². The Morgan fingerprint density at radius 3 is 1.89 bits per heavy atom. The minimum atomic E-state index is 0. The molecule has 0 aromatic heterocycles. The van der Waals surface area contributed by atoms with Crippen LogP contribution in [-0.2, 0) is 17.1 Å². The van der Waals surface area contributed by atoms with Gasteiger partial charge in [0.1, 0.15) is 0 Å². The van der Waals surface area contributed by atoms with E-state index in [1.54, 1.807) is 0 Å². The smallest absolute Gasteiger partial charge is 0.177 e. The largest absolute Gasteiger partial charge is 0.296 e. The summed E-state index contributed by atoms with van der Waals surface area (Å²) in [5, 5.41) is 0. The number of ketones is 1. The maximum Gasteiger partial charge on any atom is 0.177 e. The molecular weight excluding hydrogens is 274 g/mol. The summed E-state index contributed by atoms with van der Waals surface area (Å²) in [5.74, 6) is 0.240. The number of carbonyl (C=O) groups is 1. The first-order valence-electron chi connectivity index (χ1n) is 6.33. The molecule has 0 aliphatic heterocycles. The molecule has 105 valence electrons. The summed E-state index contributed by atoms with van der Waals surface area (Å²) in [6, 6.07) is 4.17. The van der Waals surface area contributed by atoms with Crippen molar-refractivity contribution < 1.29 is 21.9 Å². The number of Topliss-reactive ketones (excluding diaryl/α,β-unsaturated/α-hetero) is 1. The first kappa shape index (κ1) is 17.4. The van der Waals surface area contributed by atoms with Gasteiger partial charge in [-0.3, -0.25) is 9.69 Å². The van der Waals surface area contributed by atoms with E-state index in [1.165, 1.54) is 5.56 Å². The van der Waals surface area contributed by atoms with Crippen LogP contribution in [0.25, 0.3) is 0 Å². The first-order chi connectivity index (χ1) is 7.99. The number of hydrogen-bond acceptors (Lipinski definition) is 2. The zero-order valence-electron chi connectivity index (χ0n) is 11.9. The topological polar surface area (TPSA) is 20.3 Å². The molecule has 3 heteroatoms. The summed E-state index contributed by atoms with van der Waals surface area (Å²) in [6.45, 7) is 12.7. The van der Waals surface area contributed by atoms with Crippen molar-refractivity contribution in [1.29, 1.82) is 0 Å². The van der Waals surface area contributed by atoms with Crippen LogP contribution in [0.4, 0.5) is 0 Å². The molecule has 0 spiro atoms. The van der Waals surface area contributed by atoms with Crippen LogP contribution in [0.5, 0.6) is 0 Å². The van der Waals surface area contributed by atoms with Crippen molar-refractivity contribution in [3.63, 3.8) is 0 Å².